The number of fused-ring (bicyclic) bond motifs is 1. The van der Waals surface area contributed by atoms with E-state index in [0.29, 0.717) is 13.2 Å². The third-order valence-electron chi connectivity index (χ3n) is 4.41. The normalized spacial score (nSPS) is 17.0. The Bertz CT molecular complexity index is 875. The van der Waals surface area contributed by atoms with E-state index in [1.165, 1.54) is 11.8 Å². The maximum Gasteiger partial charge on any atom is 0.410 e. The van der Waals surface area contributed by atoms with Crippen LogP contribution in [0.4, 0.5) is 4.79 Å². The monoisotopic (exact) mass is 359 g/mol. The van der Waals surface area contributed by atoms with Crippen LogP contribution in [-0.4, -0.2) is 38.8 Å². The second-order valence-corrected chi connectivity index (χ2v) is 8.10. The number of hydrogen-bond acceptors (Lipinski definition) is 4. The third kappa shape index (κ3) is 3.54. The Kier molecular flexibility index (Phi) is 4.81. The van der Waals surface area contributed by atoms with Gasteiger partial charge in [-0.05, 0) is 42.2 Å². The maximum absolute atomic E-state index is 12.4. The number of ether oxygens (including phenoxy) is 1. The highest BCUT2D eigenvalue weighted by Crippen LogP contribution is 2.35. The van der Waals surface area contributed by atoms with Gasteiger partial charge in [0.25, 0.3) is 0 Å². The molecule has 0 spiro atoms. The summed E-state index contributed by atoms with van der Waals surface area (Å²) in [6, 6.07) is 14.5. The van der Waals surface area contributed by atoms with Crippen LogP contribution in [0.2, 0.25) is 0 Å². The minimum absolute atomic E-state index is 0.267. The zero-order valence-electron chi connectivity index (χ0n) is 14.3. The van der Waals surface area contributed by atoms with Gasteiger partial charge >= 0.3 is 6.09 Å². The first-order valence-corrected chi connectivity index (χ1v) is 10.1. The van der Waals surface area contributed by atoms with Crippen molar-refractivity contribution in [1.29, 1.82) is 0 Å². The van der Waals surface area contributed by atoms with Gasteiger partial charge in [0.15, 0.2) is 9.84 Å². The minimum atomic E-state index is -3.25. The molecule has 0 bridgehead atoms. The number of amides is 1. The van der Waals surface area contributed by atoms with Gasteiger partial charge in [-0.15, -0.1) is 0 Å². The van der Waals surface area contributed by atoms with Crippen molar-refractivity contribution in [3.63, 3.8) is 0 Å². The van der Waals surface area contributed by atoms with Crippen LogP contribution in [-0.2, 0) is 21.0 Å². The molecule has 0 aromatic heterocycles. The Balaban J connectivity index is 2.06. The van der Waals surface area contributed by atoms with Crippen molar-refractivity contribution in [3.05, 3.63) is 65.2 Å². The summed E-state index contributed by atoms with van der Waals surface area (Å²) in [5.74, 6) is 0. The van der Waals surface area contributed by atoms with Gasteiger partial charge in [0.2, 0.25) is 0 Å². The predicted molar refractivity (Wildman–Crippen MR) is 95.3 cm³/mol. The van der Waals surface area contributed by atoms with Crippen LogP contribution in [0.1, 0.15) is 29.7 Å². The molecule has 0 fully saturated rings. The lowest BCUT2D eigenvalue weighted by atomic mass is 9.88. The molecule has 132 valence electrons. The number of sulfone groups is 1. The largest absolute Gasteiger partial charge is 0.450 e. The molecule has 0 saturated carbocycles. The fraction of sp³-hybridized carbons (Fsp3) is 0.316. The summed E-state index contributed by atoms with van der Waals surface area (Å²) in [5, 5.41) is 0. The van der Waals surface area contributed by atoms with Crippen molar-refractivity contribution in [2.75, 3.05) is 19.4 Å². The van der Waals surface area contributed by atoms with Crippen LogP contribution in [0, 0.1) is 0 Å². The van der Waals surface area contributed by atoms with E-state index in [4.69, 9.17) is 4.74 Å². The van der Waals surface area contributed by atoms with E-state index in [1.807, 2.05) is 18.2 Å². The summed E-state index contributed by atoms with van der Waals surface area (Å²) in [4.78, 5) is 14.4. The molecule has 2 aromatic carbocycles. The number of carbonyl (C=O) groups excluding carboxylic acids is 1. The van der Waals surface area contributed by atoms with Crippen LogP contribution in [0.3, 0.4) is 0 Å². The molecule has 0 unspecified atom stereocenters. The number of rotatable bonds is 3. The molecule has 1 aliphatic rings. The lowest BCUT2D eigenvalue weighted by Gasteiger charge is -2.37. The van der Waals surface area contributed by atoms with Crippen molar-refractivity contribution >= 4 is 15.9 Å². The van der Waals surface area contributed by atoms with E-state index >= 15 is 0 Å². The molecule has 1 atom stereocenters. The lowest BCUT2D eigenvalue weighted by Crippen LogP contribution is -2.40. The van der Waals surface area contributed by atoms with E-state index in [1.54, 1.807) is 36.1 Å². The molecule has 0 saturated heterocycles. The van der Waals surface area contributed by atoms with E-state index < -0.39 is 9.84 Å². The Morgan fingerprint density at radius 3 is 2.48 bits per heavy atom. The van der Waals surface area contributed by atoms with Gasteiger partial charge in [0.1, 0.15) is 0 Å². The molecule has 1 aliphatic heterocycles. The van der Waals surface area contributed by atoms with Crippen molar-refractivity contribution in [3.8, 4) is 0 Å². The lowest BCUT2D eigenvalue weighted by molar-refractivity contribution is 0.0937. The van der Waals surface area contributed by atoms with Gasteiger partial charge in [-0.1, -0.05) is 36.4 Å². The van der Waals surface area contributed by atoms with Gasteiger partial charge in [-0.2, -0.15) is 0 Å². The average molecular weight is 359 g/mol. The molecular weight excluding hydrogens is 338 g/mol. The van der Waals surface area contributed by atoms with Gasteiger partial charge < -0.3 is 4.74 Å². The topological polar surface area (TPSA) is 63.7 Å². The first kappa shape index (κ1) is 17.5. The Morgan fingerprint density at radius 1 is 1.16 bits per heavy atom. The molecule has 0 N–H and O–H groups in total. The highest BCUT2D eigenvalue weighted by molar-refractivity contribution is 7.90. The minimum Gasteiger partial charge on any atom is -0.450 e. The molecule has 1 amide bonds. The molecule has 1 heterocycles. The fourth-order valence-electron chi connectivity index (χ4n) is 3.23. The van der Waals surface area contributed by atoms with E-state index in [9.17, 15) is 13.2 Å². The highest BCUT2D eigenvalue weighted by Gasteiger charge is 2.32. The molecule has 6 heteroatoms. The predicted octanol–water partition coefficient (Wildman–Crippen LogP) is 3.19. The summed E-state index contributed by atoms with van der Waals surface area (Å²) in [6.45, 7) is 2.66. The van der Waals surface area contributed by atoms with Crippen LogP contribution in [0.25, 0.3) is 0 Å². The van der Waals surface area contributed by atoms with Crippen LogP contribution in [0.15, 0.2) is 53.4 Å². The molecule has 5 nitrogen and oxygen atoms in total. The van der Waals surface area contributed by atoms with Crippen molar-refractivity contribution < 1.29 is 17.9 Å². The smallest absolute Gasteiger partial charge is 0.410 e. The second kappa shape index (κ2) is 6.88. The van der Waals surface area contributed by atoms with Crippen LogP contribution in [0.5, 0.6) is 0 Å². The number of hydrogen-bond donors (Lipinski definition) is 0. The number of carbonyl (C=O) groups is 1. The zero-order valence-corrected chi connectivity index (χ0v) is 15.1. The van der Waals surface area contributed by atoms with Crippen molar-refractivity contribution in [2.24, 2.45) is 0 Å². The Labute approximate surface area is 148 Å². The van der Waals surface area contributed by atoms with Crippen molar-refractivity contribution in [2.45, 2.75) is 24.3 Å². The molecule has 2 aromatic rings. The average Bonchev–Trinajstić information content (AvgIpc) is 2.60. The second-order valence-electron chi connectivity index (χ2n) is 6.08. The fourth-order valence-corrected chi connectivity index (χ4v) is 3.86. The first-order chi connectivity index (χ1) is 11.9. The molecule has 0 radical (unpaired) electrons. The first-order valence-electron chi connectivity index (χ1n) is 8.23. The van der Waals surface area contributed by atoms with Crippen LogP contribution >= 0.6 is 0 Å². The highest BCUT2D eigenvalue weighted by atomic mass is 32.2. The quantitative estimate of drug-likeness (QED) is 0.844. The Morgan fingerprint density at radius 2 is 1.84 bits per heavy atom. The maximum atomic E-state index is 12.4. The van der Waals surface area contributed by atoms with E-state index in [-0.39, 0.29) is 17.0 Å². The summed E-state index contributed by atoms with van der Waals surface area (Å²) in [5.41, 5.74) is 3.11. The summed E-state index contributed by atoms with van der Waals surface area (Å²) < 4.78 is 28.6. The number of nitrogens with zero attached hydrogens (tertiary/aromatic N) is 1. The summed E-state index contributed by atoms with van der Waals surface area (Å²) >= 11 is 0. The van der Waals surface area contributed by atoms with Gasteiger partial charge in [-0.25, -0.2) is 13.2 Å². The SMILES string of the molecule is CCOC(=O)N1CCc2ccccc2[C@@H]1c1ccc(S(C)(=O)=O)cc1. The standard InChI is InChI=1S/C19H21NO4S/c1-3-24-19(21)20-13-12-14-6-4-5-7-17(14)18(20)15-8-10-16(11-9-15)25(2,22)23/h4-11,18H,3,12-13H2,1-2H3/t18-/m0/s1. The summed E-state index contributed by atoms with van der Waals surface area (Å²) in [7, 11) is -3.25. The Hall–Kier alpha value is -2.34. The van der Waals surface area contributed by atoms with Gasteiger partial charge in [-0.3, -0.25) is 4.90 Å². The molecular formula is C19H21NO4S. The molecule has 25 heavy (non-hydrogen) atoms. The van der Waals surface area contributed by atoms with Gasteiger partial charge in [0.05, 0.1) is 17.5 Å². The third-order valence-corrected chi connectivity index (χ3v) is 5.54. The van der Waals surface area contributed by atoms with E-state index in [0.717, 1.165) is 17.5 Å². The van der Waals surface area contributed by atoms with Crippen molar-refractivity contribution in [1.82, 2.24) is 4.90 Å². The molecule has 0 aliphatic carbocycles. The van der Waals surface area contributed by atoms with Gasteiger partial charge in [0, 0.05) is 12.8 Å². The zero-order chi connectivity index (χ0) is 18.0. The van der Waals surface area contributed by atoms with E-state index in [2.05, 4.69) is 6.07 Å². The number of benzene rings is 2. The molecule has 3 rings (SSSR count). The summed E-state index contributed by atoms with van der Waals surface area (Å²) in [6.07, 6.45) is 1.60. The van der Waals surface area contributed by atoms with Crippen LogP contribution < -0.4 is 0 Å².